The zero-order chi connectivity index (χ0) is 27.6. The van der Waals surface area contributed by atoms with E-state index in [1.54, 1.807) is 0 Å². The Labute approximate surface area is 286 Å². The number of aliphatic hydroxyl groups excluding tert-OH is 1. The first kappa shape index (κ1) is 37.4. The zero-order valence-corrected chi connectivity index (χ0v) is 30.4. The van der Waals surface area contributed by atoms with Gasteiger partial charge in [0.2, 0.25) is 0 Å². The SMILES string of the molecule is CC(C)NC1CCC2C(C1)C1CC(OC(=S)[S-])C2C1.CC(C)NC1CCC2C3CC(CC3O)C2C1.S=C=S.[Na+].[OH-]. The van der Waals surface area contributed by atoms with Crippen molar-refractivity contribution in [3.05, 3.63) is 0 Å². The molecule has 5 nitrogen and oxygen atoms in total. The van der Waals surface area contributed by atoms with Crippen LogP contribution in [0.4, 0.5) is 0 Å². The van der Waals surface area contributed by atoms with Gasteiger partial charge in [0.1, 0.15) is 0 Å². The third kappa shape index (κ3) is 9.10. The number of aliphatic hydroxyl groups is 1. The first-order chi connectivity index (χ1) is 18.1. The van der Waals surface area contributed by atoms with Crippen LogP contribution in [0.15, 0.2) is 0 Å². The zero-order valence-electron chi connectivity index (χ0n) is 25.1. The normalized spacial score (nSPS) is 41.7. The Balaban J connectivity index is 0.000000247. The van der Waals surface area contributed by atoms with Crippen LogP contribution >= 0.6 is 36.7 Å². The molecule has 0 amide bonds. The van der Waals surface area contributed by atoms with E-state index in [1.807, 2.05) is 4.31 Å². The summed E-state index contributed by atoms with van der Waals surface area (Å²) in [5.41, 5.74) is 0. The summed E-state index contributed by atoms with van der Waals surface area (Å²) < 4.78 is 7.96. The molecule has 6 rings (SSSR count). The maximum atomic E-state index is 9.95. The van der Waals surface area contributed by atoms with Gasteiger partial charge in [-0.3, -0.25) is 0 Å². The molecule has 224 valence electrons. The maximum absolute atomic E-state index is 9.95. The van der Waals surface area contributed by atoms with Crippen molar-refractivity contribution >= 4 is 58.0 Å². The molecule has 40 heavy (non-hydrogen) atoms. The van der Waals surface area contributed by atoms with Crippen LogP contribution in [0.25, 0.3) is 0 Å². The van der Waals surface area contributed by atoms with Crippen LogP contribution < -0.4 is 40.2 Å². The van der Waals surface area contributed by atoms with E-state index in [1.165, 1.54) is 57.8 Å². The Morgan fingerprint density at radius 2 is 1.20 bits per heavy atom. The maximum Gasteiger partial charge on any atom is 1.00 e. The summed E-state index contributed by atoms with van der Waals surface area (Å²) in [4.78, 5) is 0. The van der Waals surface area contributed by atoms with Crippen molar-refractivity contribution in [2.24, 2.45) is 47.3 Å². The minimum absolute atomic E-state index is 0. The molecule has 0 aliphatic heterocycles. The third-order valence-corrected chi connectivity index (χ3v) is 11.0. The average Bonchev–Trinajstić information content (AvgIpc) is 3.58. The van der Waals surface area contributed by atoms with Gasteiger partial charge in [-0.2, -0.15) is 0 Å². The van der Waals surface area contributed by atoms with E-state index >= 15 is 0 Å². The summed E-state index contributed by atoms with van der Waals surface area (Å²) in [5.74, 6) is 6.69. The van der Waals surface area contributed by atoms with Gasteiger partial charge in [-0.15, -0.1) is 0 Å². The Bertz CT molecular complexity index is 846. The van der Waals surface area contributed by atoms with Gasteiger partial charge >= 0.3 is 29.6 Å². The molecule has 6 aliphatic carbocycles. The Morgan fingerprint density at radius 3 is 1.68 bits per heavy atom. The van der Waals surface area contributed by atoms with E-state index in [2.05, 4.69) is 62.8 Å². The predicted octanol–water partition coefficient (Wildman–Crippen LogP) is 3.04. The second-order valence-corrected chi connectivity index (χ2v) is 15.3. The number of nitrogens with one attached hydrogen (secondary N) is 2. The van der Waals surface area contributed by atoms with Gasteiger partial charge in [0.05, 0.1) is 12.2 Å². The van der Waals surface area contributed by atoms with E-state index < -0.39 is 0 Å². The Kier molecular flexibility index (Phi) is 15.9. The van der Waals surface area contributed by atoms with E-state index in [9.17, 15) is 5.11 Å². The molecule has 0 spiro atoms. The minimum Gasteiger partial charge on any atom is -0.870 e. The van der Waals surface area contributed by atoms with Gasteiger partial charge < -0.3 is 50.8 Å². The van der Waals surface area contributed by atoms with E-state index in [0.29, 0.717) is 28.5 Å². The van der Waals surface area contributed by atoms with Crippen molar-refractivity contribution in [3.63, 3.8) is 0 Å². The van der Waals surface area contributed by atoms with Crippen LogP contribution in [0, 0.1) is 47.3 Å². The molecular weight excluding hydrogens is 588 g/mol. The monoisotopic (exact) mass is 637 g/mol. The van der Waals surface area contributed by atoms with Crippen LogP contribution in [0.2, 0.25) is 0 Å². The quantitative estimate of drug-likeness (QED) is 0.240. The largest absolute Gasteiger partial charge is 1.00 e. The predicted molar refractivity (Wildman–Crippen MR) is 171 cm³/mol. The smallest absolute Gasteiger partial charge is 0.870 e. The third-order valence-electron chi connectivity index (χ3n) is 10.8. The first-order valence-corrected chi connectivity index (χ1v) is 16.8. The summed E-state index contributed by atoms with van der Waals surface area (Å²) in [7, 11) is 0. The van der Waals surface area contributed by atoms with E-state index in [0.717, 1.165) is 59.9 Å². The molecule has 0 heterocycles. The summed E-state index contributed by atoms with van der Waals surface area (Å²) in [6.45, 7) is 9.00. The van der Waals surface area contributed by atoms with E-state index in [4.69, 9.17) is 29.6 Å². The fraction of sp³-hybridized carbons (Fsp3) is 0.933. The van der Waals surface area contributed by atoms with Crippen molar-refractivity contribution in [1.82, 2.24) is 10.6 Å². The fourth-order valence-corrected chi connectivity index (χ4v) is 10.1. The van der Waals surface area contributed by atoms with Gasteiger partial charge in [0, 0.05) is 32.9 Å². The molecule has 0 radical (unpaired) electrons. The summed E-state index contributed by atoms with van der Waals surface area (Å²) in [5, 5.41) is 17.4. The van der Waals surface area contributed by atoms with Gasteiger partial charge in [0.15, 0.2) is 0 Å². The van der Waals surface area contributed by atoms with Crippen LogP contribution in [0.3, 0.4) is 0 Å². The molecule has 6 saturated carbocycles. The molecule has 6 aliphatic rings. The second-order valence-electron chi connectivity index (χ2n) is 13.7. The summed E-state index contributed by atoms with van der Waals surface area (Å²) in [6, 6.07) is 2.71. The summed E-state index contributed by atoms with van der Waals surface area (Å²) in [6.07, 6.45) is 13.5. The van der Waals surface area contributed by atoms with Crippen LogP contribution in [-0.4, -0.2) is 55.7 Å². The standard InChI is InChI=1S/C15H25NOS2.C14H25NO.CS2.Na.H2O/c1-8(2)16-10-3-4-11-12(7-10)9-5-13(11)14(6-9)17-15(18)19;1-8(2)15-10-3-4-11-12(7-10)9-5-13(11)14(16)6-9;2-1-3;;/h8-14,16H,3-7H2,1-2H3,(H,18,19);8-16H,3-7H2,1-2H3;;;1H2/q;;;+1;/p-2. The van der Waals surface area contributed by atoms with Crippen molar-refractivity contribution in [2.45, 2.75) is 128 Å². The molecule has 4 N–H and O–H groups in total. The number of thiocarbonyl (C=S) groups is 3. The molecule has 0 saturated heterocycles. The molecular formula is C30H50N2NaO3S4-. The van der Waals surface area contributed by atoms with Crippen LogP contribution in [0.5, 0.6) is 0 Å². The molecule has 6 fully saturated rings. The molecule has 12 unspecified atom stereocenters. The molecule has 0 aromatic rings. The minimum atomic E-state index is 0. The van der Waals surface area contributed by atoms with Crippen molar-refractivity contribution < 1.29 is 44.9 Å². The Morgan fingerprint density at radius 1 is 0.750 bits per heavy atom. The van der Waals surface area contributed by atoms with E-state index in [-0.39, 0.29) is 41.1 Å². The molecule has 12 atom stereocenters. The molecule has 0 aromatic carbocycles. The summed E-state index contributed by atoms with van der Waals surface area (Å²) >= 11 is 17.8. The average molecular weight is 638 g/mol. The van der Waals surface area contributed by atoms with Crippen LogP contribution in [-0.2, 0) is 17.4 Å². The van der Waals surface area contributed by atoms with Gasteiger partial charge in [-0.05, 0) is 136 Å². The van der Waals surface area contributed by atoms with Gasteiger partial charge in [-0.1, -0.05) is 27.7 Å². The molecule has 10 heteroatoms. The van der Waals surface area contributed by atoms with Crippen molar-refractivity contribution in [3.8, 4) is 0 Å². The van der Waals surface area contributed by atoms with Crippen LogP contribution in [0.1, 0.15) is 91.9 Å². The number of fused-ring (bicyclic) bond motifs is 10. The second kappa shape index (κ2) is 17.0. The first-order valence-electron chi connectivity index (χ1n) is 15.2. The van der Waals surface area contributed by atoms with Crippen molar-refractivity contribution in [1.29, 1.82) is 0 Å². The molecule has 0 aromatic heterocycles. The number of hydrogen-bond acceptors (Lipinski definition) is 9. The van der Waals surface area contributed by atoms with Crippen molar-refractivity contribution in [2.75, 3.05) is 0 Å². The molecule has 4 bridgehead atoms. The topological polar surface area (TPSA) is 83.5 Å². The van der Waals surface area contributed by atoms with Gasteiger partial charge in [0.25, 0.3) is 0 Å². The number of ether oxygens (including phenoxy) is 1. The fourth-order valence-electron chi connectivity index (χ4n) is 9.88. The number of hydrogen-bond donors (Lipinski definition) is 3. The Hall–Kier alpha value is 1.17. The van der Waals surface area contributed by atoms with Gasteiger partial charge in [-0.25, -0.2) is 0 Å². The number of rotatable bonds is 5.